The number of benzene rings is 2. The molecule has 0 bridgehead atoms. The number of allylic oxidation sites excluding steroid dienone is 2. The molecular formula is C24H31ClO2. The van der Waals surface area contributed by atoms with Crippen molar-refractivity contribution in [3.05, 3.63) is 46.5 Å². The molecule has 27 heavy (non-hydrogen) atoms. The van der Waals surface area contributed by atoms with E-state index < -0.39 is 0 Å². The third kappa shape index (κ3) is 4.79. The molecule has 0 spiro atoms. The smallest absolute Gasteiger partial charge is 0.131 e. The largest absolute Gasteiger partial charge is 0.493 e. The molecule has 0 saturated heterocycles. The summed E-state index contributed by atoms with van der Waals surface area (Å²) in [7, 11) is 0. The van der Waals surface area contributed by atoms with Crippen molar-refractivity contribution in [1.82, 2.24) is 0 Å². The fraction of sp³-hybridized carbons (Fsp3) is 0.500. The van der Waals surface area contributed by atoms with E-state index in [4.69, 9.17) is 21.1 Å². The van der Waals surface area contributed by atoms with E-state index in [-0.39, 0.29) is 0 Å². The van der Waals surface area contributed by atoms with Crippen LogP contribution in [0.2, 0.25) is 0 Å². The Morgan fingerprint density at radius 1 is 0.852 bits per heavy atom. The minimum absolute atomic E-state index is 0.620. The minimum Gasteiger partial charge on any atom is -0.493 e. The van der Waals surface area contributed by atoms with Crippen LogP contribution in [0.3, 0.4) is 0 Å². The third-order valence-electron chi connectivity index (χ3n) is 5.09. The van der Waals surface area contributed by atoms with Crippen LogP contribution in [0.1, 0.15) is 51.7 Å². The summed E-state index contributed by atoms with van der Waals surface area (Å²) in [5.74, 6) is 3.25. The molecule has 146 valence electrons. The van der Waals surface area contributed by atoms with Gasteiger partial charge >= 0.3 is 0 Å². The Morgan fingerprint density at radius 2 is 1.37 bits per heavy atom. The monoisotopic (exact) mass is 386 g/mol. The molecule has 2 nitrogen and oxygen atoms in total. The molecule has 0 fully saturated rings. The van der Waals surface area contributed by atoms with Crippen LogP contribution >= 0.6 is 11.6 Å². The molecule has 0 saturated carbocycles. The maximum absolute atomic E-state index is 6.42. The van der Waals surface area contributed by atoms with Crippen LogP contribution in [0.25, 0.3) is 10.8 Å². The summed E-state index contributed by atoms with van der Waals surface area (Å²) in [6, 6.07) is 8.44. The van der Waals surface area contributed by atoms with Gasteiger partial charge in [-0.15, -0.1) is 0 Å². The van der Waals surface area contributed by atoms with Crippen LogP contribution in [-0.4, -0.2) is 13.2 Å². The standard InChI is InChI=1S/C24H31ClO2/c1-16(2)11-13-26-23-19-7-5-6-8-20(19)24(27-14-12-17(3)4)22-15-18(25)9-10-21(22)23/h5-9,16-17H,10-15H2,1-4H3. The van der Waals surface area contributed by atoms with Crippen LogP contribution < -0.4 is 9.47 Å². The van der Waals surface area contributed by atoms with Crippen LogP contribution in [0, 0.1) is 11.8 Å². The summed E-state index contributed by atoms with van der Waals surface area (Å²) in [6.45, 7) is 10.4. The van der Waals surface area contributed by atoms with Crippen molar-refractivity contribution in [2.24, 2.45) is 11.8 Å². The first-order chi connectivity index (χ1) is 13.0. The van der Waals surface area contributed by atoms with E-state index in [0.717, 1.165) is 66.2 Å². The van der Waals surface area contributed by atoms with Gasteiger partial charge in [0.25, 0.3) is 0 Å². The van der Waals surface area contributed by atoms with Crippen LogP contribution in [-0.2, 0) is 12.8 Å². The van der Waals surface area contributed by atoms with Crippen LogP contribution in [0.5, 0.6) is 11.5 Å². The van der Waals surface area contributed by atoms with E-state index in [9.17, 15) is 0 Å². The van der Waals surface area contributed by atoms with Crippen molar-refractivity contribution in [3.63, 3.8) is 0 Å². The lowest BCUT2D eigenvalue weighted by Crippen LogP contribution is -2.11. The second-order valence-electron chi connectivity index (χ2n) is 8.25. The number of hydrogen-bond acceptors (Lipinski definition) is 2. The van der Waals surface area contributed by atoms with Crippen LogP contribution in [0.4, 0.5) is 0 Å². The number of halogens is 1. The Bertz CT molecular complexity index is 821. The highest BCUT2D eigenvalue weighted by molar-refractivity contribution is 6.30. The average molecular weight is 387 g/mol. The van der Waals surface area contributed by atoms with Gasteiger partial charge in [0.15, 0.2) is 0 Å². The highest BCUT2D eigenvalue weighted by Gasteiger charge is 2.24. The van der Waals surface area contributed by atoms with E-state index in [1.165, 1.54) is 11.1 Å². The van der Waals surface area contributed by atoms with E-state index in [0.29, 0.717) is 11.8 Å². The zero-order chi connectivity index (χ0) is 19.4. The molecule has 0 amide bonds. The zero-order valence-electron chi connectivity index (χ0n) is 17.0. The van der Waals surface area contributed by atoms with Crippen molar-refractivity contribution < 1.29 is 9.47 Å². The molecule has 3 rings (SSSR count). The Balaban J connectivity index is 2.05. The van der Waals surface area contributed by atoms with Gasteiger partial charge in [-0.3, -0.25) is 0 Å². The van der Waals surface area contributed by atoms with E-state index in [2.05, 4.69) is 58.0 Å². The average Bonchev–Trinajstić information content (AvgIpc) is 2.62. The Hall–Kier alpha value is -1.67. The zero-order valence-corrected chi connectivity index (χ0v) is 17.7. The molecule has 0 N–H and O–H groups in total. The quantitative estimate of drug-likeness (QED) is 0.490. The molecule has 0 aliphatic heterocycles. The maximum atomic E-state index is 6.42. The molecule has 2 aromatic carbocycles. The number of rotatable bonds is 8. The fourth-order valence-corrected chi connectivity index (χ4v) is 3.67. The van der Waals surface area contributed by atoms with E-state index in [1.807, 2.05) is 0 Å². The van der Waals surface area contributed by atoms with Crippen molar-refractivity contribution in [2.45, 2.75) is 53.4 Å². The van der Waals surface area contributed by atoms with Gasteiger partial charge in [-0.25, -0.2) is 0 Å². The summed E-state index contributed by atoms with van der Waals surface area (Å²) in [5, 5.41) is 3.16. The third-order valence-corrected chi connectivity index (χ3v) is 5.37. The molecule has 0 heterocycles. The predicted octanol–water partition coefficient (Wildman–Crippen LogP) is 6.91. The van der Waals surface area contributed by atoms with Crippen molar-refractivity contribution in [2.75, 3.05) is 13.2 Å². The molecule has 3 heteroatoms. The van der Waals surface area contributed by atoms with Gasteiger partial charge in [0.2, 0.25) is 0 Å². The first-order valence-corrected chi connectivity index (χ1v) is 10.5. The molecule has 0 atom stereocenters. The van der Waals surface area contributed by atoms with Crippen LogP contribution in [0.15, 0.2) is 35.4 Å². The van der Waals surface area contributed by atoms with Crippen molar-refractivity contribution in [3.8, 4) is 11.5 Å². The van der Waals surface area contributed by atoms with Gasteiger partial charge < -0.3 is 9.47 Å². The summed E-state index contributed by atoms with van der Waals surface area (Å²) in [4.78, 5) is 0. The fourth-order valence-electron chi connectivity index (χ4n) is 3.46. The molecule has 1 aliphatic rings. The topological polar surface area (TPSA) is 18.5 Å². The van der Waals surface area contributed by atoms with E-state index >= 15 is 0 Å². The summed E-state index contributed by atoms with van der Waals surface area (Å²) < 4.78 is 12.7. The molecule has 0 radical (unpaired) electrons. The van der Waals surface area contributed by atoms with Gasteiger partial charge in [-0.05, 0) is 31.1 Å². The van der Waals surface area contributed by atoms with E-state index in [1.54, 1.807) is 0 Å². The highest BCUT2D eigenvalue weighted by atomic mass is 35.5. The lowest BCUT2D eigenvalue weighted by molar-refractivity contribution is 0.282. The van der Waals surface area contributed by atoms with Gasteiger partial charge in [-0.1, -0.05) is 69.6 Å². The SMILES string of the molecule is CC(C)CCOc1c2c(c(OCCC(C)C)c3ccccc13)CC(Cl)=CC2. The molecular weight excluding hydrogens is 356 g/mol. The Labute approximate surface area is 168 Å². The summed E-state index contributed by atoms with van der Waals surface area (Å²) >= 11 is 6.42. The first-order valence-electron chi connectivity index (χ1n) is 10.1. The Morgan fingerprint density at radius 3 is 1.89 bits per heavy atom. The molecule has 0 unspecified atom stereocenters. The minimum atomic E-state index is 0.620. The Kier molecular flexibility index (Phi) is 6.70. The number of hydrogen-bond donors (Lipinski definition) is 0. The molecule has 2 aromatic rings. The van der Waals surface area contributed by atoms with Crippen molar-refractivity contribution in [1.29, 1.82) is 0 Å². The maximum Gasteiger partial charge on any atom is 0.131 e. The first kappa shape index (κ1) is 20.1. The molecule has 1 aliphatic carbocycles. The highest BCUT2D eigenvalue weighted by Crippen LogP contribution is 2.44. The molecule has 0 aromatic heterocycles. The lowest BCUT2D eigenvalue weighted by atomic mass is 9.90. The second-order valence-corrected chi connectivity index (χ2v) is 8.74. The van der Waals surface area contributed by atoms with Crippen molar-refractivity contribution >= 4 is 22.4 Å². The summed E-state index contributed by atoms with van der Waals surface area (Å²) in [5.41, 5.74) is 2.44. The van der Waals surface area contributed by atoms with Gasteiger partial charge in [0, 0.05) is 33.4 Å². The second kappa shape index (κ2) is 9.01. The van der Waals surface area contributed by atoms with Gasteiger partial charge in [0.1, 0.15) is 11.5 Å². The number of fused-ring (bicyclic) bond motifs is 2. The lowest BCUT2D eigenvalue weighted by Gasteiger charge is -2.25. The van der Waals surface area contributed by atoms with Gasteiger partial charge in [-0.2, -0.15) is 0 Å². The summed E-state index contributed by atoms with van der Waals surface area (Å²) in [6.07, 6.45) is 5.72. The predicted molar refractivity (Wildman–Crippen MR) is 115 cm³/mol. The normalized spacial score (nSPS) is 13.8. The number of ether oxygens (including phenoxy) is 2. The van der Waals surface area contributed by atoms with Gasteiger partial charge in [0.05, 0.1) is 13.2 Å².